The van der Waals surface area contributed by atoms with Gasteiger partial charge in [0.2, 0.25) is 0 Å². The fourth-order valence-corrected chi connectivity index (χ4v) is 2.11. The van der Waals surface area contributed by atoms with Crippen LogP contribution in [0.3, 0.4) is 0 Å². The number of rotatable bonds is 1. The third-order valence-corrected chi connectivity index (χ3v) is 2.80. The molecule has 3 heteroatoms. The van der Waals surface area contributed by atoms with Crippen LogP contribution >= 0.6 is 28.3 Å². The van der Waals surface area contributed by atoms with Crippen LogP contribution in [0, 0.1) is 0 Å². The summed E-state index contributed by atoms with van der Waals surface area (Å²) in [6, 6.07) is 9.14. The van der Waals surface area contributed by atoms with E-state index in [1.54, 1.807) is 0 Å². The Morgan fingerprint density at radius 3 is 2.85 bits per heavy atom. The van der Waals surface area contributed by atoms with E-state index in [2.05, 4.69) is 45.5 Å². The van der Waals surface area contributed by atoms with Gasteiger partial charge in [-0.2, -0.15) is 0 Å². The molecule has 1 aliphatic heterocycles. The molecule has 13 heavy (non-hydrogen) atoms. The fourth-order valence-electron chi connectivity index (χ4n) is 1.69. The molecule has 72 valence electrons. The highest BCUT2D eigenvalue weighted by atomic mass is 79.9. The van der Waals surface area contributed by atoms with Crippen molar-refractivity contribution in [3.8, 4) is 0 Å². The topological polar surface area (TPSA) is 12.0 Å². The maximum absolute atomic E-state index is 3.48. The lowest BCUT2D eigenvalue weighted by atomic mass is 10.1. The molecule has 1 N–H and O–H groups in total. The monoisotopic (exact) mass is 261 g/mol. The van der Waals surface area contributed by atoms with Gasteiger partial charge < -0.3 is 5.32 Å². The first-order valence-electron chi connectivity index (χ1n) is 4.35. The van der Waals surface area contributed by atoms with Gasteiger partial charge in [-0.3, -0.25) is 0 Å². The summed E-state index contributed by atoms with van der Waals surface area (Å²) in [4.78, 5) is 0. The third kappa shape index (κ3) is 2.70. The Bertz CT molecular complexity index is 271. The van der Waals surface area contributed by atoms with Gasteiger partial charge in [0.05, 0.1) is 0 Å². The van der Waals surface area contributed by atoms with Gasteiger partial charge in [0.25, 0.3) is 0 Å². The molecule has 1 aromatic rings. The van der Waals surface area contributed by atoms with Crippen molar-refractivity contribution >= 4 is 28.3 Å². The summed E-state index contributed by atoms with van der Waals surface area (Å²) < 4.78 is 1.17. The smallest absolute Gasteiger partial charge is 0.0321 e. The van der Waals surface area contributed by atoms with Crippen LogP contribution in [0.25, 0.3) is 0 Å². The highest BCUT2D eigenvalue weighted by Crippen LogP contribution is 2.24. The molecule has 1 saturated heterocycles. The molecule has 1 aromatic carbocycles. The molecule has 2 rings (SSSR count). The summed E-state index contributed by atoms with van der Waals surface area (Å²) in [5.41, 5.74) is 1.40. The van der Waals surface area contributed by atoms with Crippen LogP contribution in [-0.2, 0) is 0 Å². The van der Waals surface area contributed by atoms with Crippen molar-refractivity contribution in [2.24, 2.45) is 0 Å². The second-order valence-electron chi connectivity index (χ2n) is 3.20. The van der Waals surface area contributed by atoms with Gasteiger partial charge in [-0.25, -0.2) is 0 Å². The van der Waals surface area contributed by atoms with E-state index in [9.17, 15) is 0 Å². The van der Waals surface area contributed by atoms with Gasteiger partial charge in [0, 0.05) is 10.5 Å². The lowest BCUT2D eigenvalue weighted by Crippen LogP contribution is -2.12. The molecule has 0 saturated carbocycles. The normalized spacial score (nSPS) is 21.2. The Morgan fingerprint density at radius 1 is 1.38 bits per heavy atom. The Morgan fingerprint density at radius 2 is 2.23 bits per heavy atom. The number of hydrogen-bond acceptors (Lipinski definition) is 1. The first kappa shape index (κ1) is 11.0. The van der Waals surface area contributed by atoms with Gasteiger partial charge >= 0.3 is 0 Å². The molecule has 1 heterocycles. The molecule has 1 nitrogen and oxygen atoms in total. The zero-order valence-electron chi connectivity index (χ0n) is 7.29. The minimum Gasteiger partial charge on any atom is -0.310 e. The molecule has 1 aliphatic rings. The van der Waals surface area contributed by atoms with Crippen molar-refractivity contribution < 1.29 is 0 Å². The van der Waals surface area contributed by atoms with E-state index in [-0.39, 0.29) is 12.4 Å². The van der Waals surface area contributed by atoms with Crippen LogP contribution in [0.2, 0.25) is 0 Å². The first-order valence-corrected chi connectivity index (χ1v) is 5.14. The minimum absolute atomic E-state index is 0. The van der Waals surface area contributed by atoms with Crippen LogP contribution in [0.4, 0.5) is 0 Å². The largest absolute Gasteiger partial charge is 0.310 e. The summed E-state index contributed by atoms with van der Waals surface area (Å²) in [7, 11) is 0. The van der Waals surface area contributed by atoms with Crippen molar-refractivity contribution in [1.29, 1.82) is 0 Å². The van der Waals surface area contributed by atoms with E-state index in [0.717, 1.165) is 6.54 Å². The van der Waals surface area contributed by atoms with E-state index in [1.165, 1.54) is 22.9 Å². The predicted molar refractivity (Wildman–Crippen MR) is 61.4 cm³/mol. The maximum atomic E-state index is 3.48. The molecule has 0 spiro atoms. The summed E-state index contributed by atoms with van der Waals surface area (Å²) in [6.07, 6.45) is 2.58. The maximum Gasteiger partial charge on any atom is 0.0321 e. The Labute approximate surface area is 93.5 Å². The van der Waals surface area contributed by atoms with Gasteiger partial charge in [0.15, 0.2) is 0 Å². The Kier molecular flexibility index (Phi) is 4.23. The Balaban J connectivity index is 0.000000845. The van der Waals surface area contributed by atoms with Gasteiger partial charge in [0.1, 0.15) is 0 Å². The van der Waals surface area contributed by atoms with Gasteiger partial charge in [-0.15, -0.1) is 12.4 Å². The molecule has 1 atom stereocenters. The zero-order chi connectivity index (χ0) is 8.39. The summed E-state index contributed by atoms with van der Waals surface area (Å²) in [5.74, 6) is 0. The molecule has 0 aromatic heterocycles. The highest BCUT2D eigenvalue weighted by molar-refractivity contribution is 9.10. The average Bonchev–Trinajstić information content (AvgIpc) is 2.56. The Hall–Kier alpha value is -0.0500. The molecule has 1 unspecified atom stereocenters. The lowest BCUT2D eigenvalue weighted by Gasteiger charge is -2.09. The van der Waals surface area contributed by atoms with E-state index < -0.39 is 0 Å². The molecular weight excluding hydrogens is 249 g/mol. The van der Waals surface area contributed by atoms with E-state index in [1.807, 2.05) is 0 Å². The van der Waals surface area contributed by atoms with Crippen LogP contribution < -0.4 is 5.32 Å². The molecule has 0 bridgehead atoms. The quantitative estimate of drug-likeness (QED) is 0.819. The summed E-state index contributed by atoms with van der Waals surface area (Å²) in [5, 5.41) is 3.48. The van der Waals surface area contributed by atoms with Crippen LogP contribution in [-0.4, -0.2) is 6.54 Å². The molecule has 0 aliphatic carbocycles. The molecule has 1 fully saturated rings. The van der Waals surface area contributed by atoms with E-state index in [4.69, 9.17) is 0 Å². The highest BCUT2D eigenvalue weighted by Gasteiger charge is 2.15. The zero-order valence-corrected chi connectivity index (χ0v) is 9.70. The van der Waals surface area contributed by atoms with Crippen molar-refractivity contribution in [2.45, 2.75) is 18.9 Å². The SMILES string of the molecule is Brc1cccc(C2CCCN2)c1.Cl. The van der Waals surface area contributed by atoms with Crippen molar-refractivity contribution in [2.75, 3.05) is 6.54 Å². The van der Waals surface area contributed by atoms with Crippen molar-refractivity contribution in [3.05, 3.63) is 34.3 Å². The number of nitrogens with one attached hydrogen (secondary N) is 1. The standard InChI is InChI=1S/C10H12BrN.ClH/c11-9-4-1-3-8(7-9)10-5-2-6-12-10;/h1,3-4,7,10,12H,2,5-6H2;1H. The minimum atomic E-state index is 0. The lowest BCUT2D eigenvalue weighted by molar-refractivity contribution is 0.647. The number of halogens is 2. The fraction of sp³-hybridized carbons (Fsp3) is 0.400. The van der Waals surface area contributed by atoms with Crippen LogP contribution in [0.15, 0.2) is 28.7 Å². The second kappa shape index (κ2) is 4.99. The van der Waals surface area contributed by atoms with Gasteiger partial charge in [-0.1, -0.05) is 28.1 Å². The predicted octanol–water partition coefficient (Wildman–Crippen LogP) is 3.30. The number of benzene rings is 1. The van der Waals surface area contributed by atoms with Gasteiger partial charge in [-0.05, 0) is 37.1 Å². The van der Waals surface area contributed by atoms with E-state index >= 15 is 0 Å². The first-order chi connectivity index (χ1) is 5.86. The number of hydrogen-bond donors (Lipinski definition) is 1. The van der Waals surface area contributed by atoms with Crippen molar-refractivity contribution in [3.63, 3.8) is 0 Å². The molecular formula is C10H13BrClN. The second-order valence-corrected chi connectivity index (χ2v) is 4.12. The molecule has 0 amide bonds. The van der Waals surface area contributed by atoms with Crippen LogP contribution in [0.1, 0.15) is 24.4 Å². The van der Waals surface area contributed by atoms with Crippen LogP contribution in [0.5, 0.6) is 0 Å². The van der Waals surface area contributed by atoms with E-state index in [0.29, 0.717) is 6.04 Å². The summed E-state index contributed by atoms with van der Waals surface area (Å²) in [6.45, 7) is 1.16. The average molecular weight is 263 g/mol. The van der Waals surface area contributed by atoms with Crippen molar-refractivity contribution in [1.82, 2.24) is 5.32 Å². The molecule has 0 radical (unpaired) electrons. The third-order valence-electron chi connectivity index (χ3n) is 2.31. The summed E-state index contributed by atoms with van der Waals surface area (Å²) >= 11 is 3.48.